The predicted octanol–water partition coefficient (Wildman–Crippen LogP) is 2.04. The maximum atomic E-state index is 11.5. The van der Waals surface area contributed by atoms with Gasteiger partial charge in [-0.05, 0) is 30.6 Å². The van der Waals surface area contributed by atoms with Crippen molar-refractivity contribution in [3.8, 4) is 0 Å². The van der Waals surface area contributed by atoms with Crippen molar-refractivity contribution in [2.75, 3.05) is 19.6 Å². The number of carbonyl (C=O) groups excluding carboxylic acids is 1. The van der Waals surface area contributed by atoms with E-state index in [-0.39, 0.29) is 24.9 Å². The van der Waals surface area contributed by atoms with Crippen molar-refractivity contribution >= 4 is 18.3 Å². The predicted molar refractivity (Wildman–Crippen MR) is 69.7 cm³/mol. The third-order valence-corrected chi connectivity index (χ3v) is 3.48. The Morgan fingerprint density at radius 1 is 1.31 bits per heavy atom. The number of amides is 1. The lowest BCUT2D eigenvalue weighted by Gasteiger charge is -2.29. The summed E-state index contributed by atoms with van der Waals surface area (Å²) in [4.78, 5) is 13.4. The molecule has 1 aliphatic heterocycles. The second-order valence-electron chi connectivity index (χ2n) is 5.58. The molecule has 1 heterocycles. The molecule has 1 fully saturated rings. The zero-order valence-electron chi connectivity index (χ0n) is 10.7. The Balaban J connectivity index is 0.00000225. The van der Waals surface area contributed by atoms with Gasteiger partial charge in [-0.15, -0.1) is 12.4 Å². The minimum absolute atomic E-state index is 0. The average Bonchev–Trinajstić information content (AvgIpc) is 2.40. The molecule has 1 saturated heterocycles. The number of nitrogens with zero attached hydrogens (tertiary/aromatic N) is 1. The zero-order chi connectivity index (χ0) is 11.5. The number of hydrogen-bond donors (Lipinski definition) is 1. The molecule has 0 aromatic heterocycles. The largest absolute Gasteiger partial charge is 0.342 e. The number of nitrogens with two attached hydrogens (primary N) is 1. The molecule has 1 atom stereocenters. The van der Waals surface area contributed by atoms with Gasteiger partial charge < -0.3 is 10.6 Å². The van der Waals surface area contributed by atoms with Crippen molar-refractivity contribution in [1.29, 1.82) is 0 Å². The summed E-state index contributed by atoms with van der Waals surface area (Å²) in [5.74, 6) is 0.831. The monoisotopic (exact) mass is 248 g/mol. The Labute approximate surface area is 105 Å². The molecule has 3 nitrogen and oxygen atoms in total. The van der Waals surface area contributed by atoms with Gasteiger partial charge in [-0.3, -0.25) is 4.79 Å². The van der Waals surface area contributed by atoms with Gasteiger partial charge in [-0.25, -0.2) is 0 Å². The van der Waals surface area contributed by atoms with Gasteiger partial charge >= 0.3 is 0 Å². The van der Waals surface area contributed by atoms with Crippen molar-refractivity contribution in [2.24, 2.45) is 17.1 Å². The third kappa shape index (κ3) is 4.30. The number of halogens is 1. The molecular formula is C12H25ClN2O. The standard InChI is InChI=1S/C12H24N2O.ClH/c1-12(2,3)10-5-4-7-14(8-6-10)11(15)9-13;/h10H,4-9,13H2,1-3H3;1H. The molecular weight excluding hydrogens is 224 g/mol. The molecule has 0 aliphatic carbocycles. The van der Waals surface area contributed by atoms with Crippen LogP contribution in [0, 0.1) is 11.3 Å². The molecule has 1 aliphatic rings. The Kier molecular flexibility index (Phi) is 6.34. The summed E-state index contributed by atoms with van der Waals surface area (Å²) in [6.07, 6.45) is 3.47. The van der Waals surface area contributed by atoms with Crippen LogP contribution in [0.2, 0.25) is 0 Å². The van der Waals surface area contributed by atoms with Crippen molar-refractivity contribution in [1.82, 2.24) is 4.90 Å². The van der Waals surface area contributed by atoms with Crippen LogP contribution in [0.15, 0.2) is 0 Å². The third-order valence-electron chi connectivity index (χ3n) is 3.48. The zero-order valence-corrected chi connectivity index (χ0v) is 11.5. The van der Waals surface area contributed by atoms with Gasteiger partial charge in [0.15, 0.2) is 0 Å². The minimum atomic E-state index is 0. The van der Waals surface area contributed by atoms with Gasteiger partial charge in [0.2, 0.25) is 5.91 Å². The lowest BCUT2D eigenvalue weighted by molar-refractivity contribution is -0.129. The Hall–Kier alpha value is -0.280. The molecule has 1 amide bonds. The van der Waals surface area contributed by atoms with Crippen molar-refractivity contribution in [2.45, 2.75) is 40.0 Å². The van der Waals surface area contributed by atoms with Crippen molar-refractivity contribution in [3.05, 3.63) is 0 Å². The maximum Gasteiger partial charge on any atom is 0.236 e. The van der Waals surface area contributed by atoms with E-state index in [0.717, 1.165) is 31.8 Å². The second kappa shape index (κ2) is 6.45. The van der Waals surface area contributed by atoms with Crippen molar-refractivity contribution in [3.63, 3.8) is 0 Å². The Morgan fingerprint density at radius 3 is 2.44 bits per heavy atom. The van der Waals surface area contributed by atoms with E-state index < -0.39 is 0 Å². The SMILES string of the molecule is CC(C)(C)C1CCCN(C(=O)CN)CC1.Cl. The van der Waals surface area contributed by atoms with E-state index in [1.165, 1.54) is 6.42 Å². The molecule has 0 aromatic carbocycles. The van der Waals surface area contributed by atoms with Gasteiger partial charge in [0.25, 0.3) is 0 Å². The van der Waals surface area contributed by atoms with Gasteiger partial charge in [0.1, 0.15) is 0 Å². The summed E-state index contributed by atoms with van der Waals surface area (Å²) in [6.45, 7) is 8.80. The fourth-order valence-corrected chi connectivity index (χ4v) is 2.34. The first-order valence-corrected chi connectivity index (χ1v) is 5.93. The summed E-state index contributed by atoms with van der Waals surface area (Å²) >= 11 is 0. The molecule has 1 rings (SSSR count). The van der Waals surface area contributed by atoms with Crippen LogP contribution in [0.1, 0.15) is 40.0 Å². The topological polar surface area (TPSA) is 46.3 Å². The molecule has 0 saturated carbocycles. The molecule has 96 valence electrons. The van der Waals surface area contributed by atoms with Crippen LogP contribution >= 0.6 is 12.4 Å². The first kappa shape index (κ1) is 15.7. The highest BCUT2D eigenvalue weighted by Gasteiger charge is 2.27. The molecule has 0 bridgehead atoms. The van der Waals surface area contributed by atoms with Crippen LogP contribution in [0.5, 0.6) is 0 Å². The summed E-state index contributed by atoms with van der Waals surface area (Å²) < 4.78 is 0. The summed E-state index contributed by atoms with van der Waals surface area (Å²) in [7, 11) is 0. The van der Waals surface area contributed by atoms with Crippen LogP contribution in [-0.4, -0.2) is 30.4 Å². The second-order valence-corrected chi connectivity index (χ2v) is 5.58. The molecule has 0 radical (unpaired) electrons. The van der Waals surface area contributed by atoms with E-state index in [2.05, 4.69) is 20.8 Å². The van der Waals surface area contributed by atoms with E-state index in [0.29, 0.717) is 5.41 Å². The Morgan fingerprint density at radius 2 is 1.94 bits per heavy atom. The van der Waals surface area contributed by atoms with E-state index in [4.69, 9.17) is 5.73 Å². The smallest absolute Gasteiger partial charge is 0.236 e. The first-order valence-electron chi connectivity index (χ1n) is 5.93. The fourth-order valence-electron chi connectivity index (χ4n) is 2.34. The van der Waals surface area contributed by atoms with Gasteiger partial charge in [-0.1, -0.05) is 20.8 Å². The average molecular weight is 249 g/mol. The molecule has 0 aromatic rings. The maximum absolute atomic E-state index is 11.5. The molecule has 1 unspecified atom stereocenters. The highest BCUT2D eigenvalue weighted by Crippen LogP contribution is 2.34. The number of carbonyl (C=O) groups is 1. The lowest BCUT2D eigenvalue weighted by atomic mass is 9.77. The normalized spacial score (nSPS) is 22.2. The minimum Gasteiger partial charge on any atom is -0.342 e. The van der Waals surface area contributed by atoms with Gasteiger partial charge in [0.05, 0.1) is 6.54 Å². The summed E-state index contributed by atoms with van der Waals surface area (Å²) in [6, 6.07) is 0. The molecule has 4 heteroatoms. The molecule has 0 spiro atoms. The number of hydrogen-bond acceptors (Lipinski definition) is 2. The van der Waals surface area contributed by atoms with Crippen LogP contribution in [-0.2, 0) is 4.79 Å². The van der Waals surface area contributed by atoms with E-state index in [1.807, 2.05) is 4.90 Å². The summed E-state index contributed by atoms with van der Waals surface area (Å²) in [5.41, 5.74) is 5.75. The van der Waals surface area contributed by atoms with Gasteiger partial charge in [-0.2, -0.15) is 0 Å². The van der Waals surface area contributed by atoms with E-state index in [1.54, 1.807) is 0 Å². The Bertz CT molecular complexity index is 226. The molecule has 16 heavy (non-hydrogen) atoms. The quantitative estimate of drug-likeness (QED) is 0.772. The van der Waals surface area contributed by atoms with E-state index >= 15 is 0 Å². The number of likely N-dealkylation sites (tertiary alicyclic amines) is 1. The van der Waals surface area contributed by atoms with Crippen LogP contribution in [0.3, 0.4) is 0 Å². The molecule has 2 N–H and O–H groups in total. The highest BCUT2D eigenvalue weighted by molar-refractivity contribution is 5.85. The first-order chi connectivity index (χ1) is 6.95. The lowest BCUT2D eigenvalue weighted by Crippen LogP contribution is -2.36. The van der Waals surface area contributed by atoms with E-state index in [9.17, 15) is 4.79 Å². The fraction of sp³-hybridized carbons (Fsp3) is 0.917. The number of rotatable bonds is 1. The summed E-state index contributed by atoms with van der Waals surface area (Å²) in [5, 5.41) is 0. The van der Waals surface area contributed by atoms with Crippen LogP contribution in [0.25, 0.3) is 0 Å². The van der Waals surface area contributed by atoms with Crippen LogP contribution in [0.4, 0.5) is 0 Å². The van der Waals surface area contributed by atoms with Gasteiger partial charge in [0, 0.05) is 13.1 Å². The van der Waals surface area contributed by atoms with Crippen LogP contribution < -0.4 is 5.73 Å². The van der Waals surface area contributed by atoms with Crippen molar-refractivity contribution < 1.29 is 4.79 Å². The highest BCUT2D eigenvalue weighted by atomic mass is 35.5.